The average molecular weight is 201 g/mol. The first-order valence-electron chi connectivity index (χ1n) is 5.84. The molecule has 1 aromatic rings. The van der Waals surface area contributed by atoms with Gasteiger partial charge in [-0.15, -0.1) is 0 Å². The van der Waals surface area contributed by atoms with Crippen molar-refractivity contribution in [3.63, 3.8) is 0 Å². The fourth-order valence-electron chi connectivity index (χ4n) is 2.08. The average Bonchev–Trinajstić information content (AvgIpc) is 2.29. The Morgan fingerprint density at radius 3 is 2.80 bits per heavy atom. The maximum atomic E-state index is 3.55. The zero-order valence-corrected chi connectivity index (χ0v) is 9.37. The van der Waals surface area contributed by atoms with Gasteiger partial charge >= 0.3 is 0 Å². The lowest BCUT2D eigenvalue weighted by Gasteiger charge is -2.22. The summed E-state index contributed by atoms with van der Waals surface area (Å²) >= 11 is 0. The molecule has 15 heavy (non-hydrogen) atoms. The van der Waals surface area contributed by atoms with Crippen molar-refractivity contribution in [3.8, 4) is 0 Å². The normalized spacial score (nSPS) is 20.9. The molecule has 1 aliphatic rings. The van der Waals surface area contributed by atoms with Crippen LogP contribution in [0.3, 0.4) is 0 Å². The van der Waals surface area contributed by atoms with Crippen LogP contribution in [0.15, 0.2) is 42.1 Å². The third-order valence-corrected chi connectivity index (χ3v) is 3.08. The van der Waals surface area contributed by atoms with Crippen molar-refractivity contribution in [1.29, 1.82) is 0 Å². The van der Waals surface area contributed by atoms with Gasteiger partial charge in [0.1, 0.15) is 0 Å². The number of allylic oxidation sites excluding steroid dienone is 2. The highest BCUT2D eigenvalue weighted by molar-refractivity contribution is 5.16. The van der Waals surface area contributed by atoms with Gasteiger partial charge in [0.15, 0.2) is 0 Å². The molecule has 0 saturated heterocycles. The predicted molar refractivity (Wildman–Crippen MR) is 64.4 cm³/mol. The van der Waals surface area contributed by atoms with Gasteiger partial charge in [-0.05, 0) is 30.7 Å². The number of hydrogen-bond donors (Lipinski definition) is 1. The molecule has 0 bridgehead atoms. The quantitative estimate of drug-likeness (QED) is 0.789. The number of benzene rings is 1. The Morgan fingerprint density at radius 2 is 2.07 bits per heavy atom. The summed E-state index contributed by atoms with van der Waals surface area (Å²) in [6.45, 7) is 3.26. The van der Waals surface area contributed by atoms with Gasteiger partial charge in [-0.2, -0.15) is 0 Å². The minimum atomic E-state index is 0.711. The van der Waals surface area contributed by atoms with Crippen molar-refractivity contribution in [2.24, 2.45) is 5.92 Å². The Hall–Kier alpha value is -1.24. The predicted octanol–water partition coefficient (Wildman–Crippen LogP) is 3.48. The van der Waals surface area contributed by atoms with E-state index in [9.17, 15) is 0 Å². The molecule has 0 aromatic heterocycles. The van der Waals surface area contributed by atoms with E-state index in [2.05, 4.69) is 48.6 Å². The van der Waals surface area contributed by atoms with Crippen LogP contribution in [0.1, 0.15) is 31.7 Å². The van der Waals surface area contributed by atoms with Gasteiger partial charge in [-0.3, -0.25) is 0 Å². The Morgan fingerprint density at radius 1 is 1.27 bits per heavy atom. The van der Waals surface area contributed by atoms with Crippen LogP contribution in [0.4, 0.5) is 0 Å². The molecule has 1 heteroatoms. The summed E-state index contributed by atoms with van der Waals surface area (Å²) in [4.78, 5) is 0. The smallest absolute Gasteiger partial charge is 0.0397 e. The summed E-state index contributed by atoms with van der Waals surface area (Å²) in [5.74, 6) is 0.711. The molecule has 2 rings (SSSR count). The molecular weight excluding hydrogens is 182 g/mol. The van der Waals surface area contributed by atoms with Crippen molar-refractivity contribution in [3.05, 3.63) is 47.7 Å². The molecular formula is C14H19N. The summed E-state index contributed by atoms with van der Waals surface area (Å²) in [6.07, 6.45) is 6.27. The van der Waals surface area contributed by atoms with E-state index < -0.39 is 0 Å². The second-order valence-electron chi connectivity index (χ2n) is 4.33. The maximum absolute atomic E-state index is 3.55. The third-order valence-electron chi connectivity index (χ3n) is 3.08. The number of hydrogen-bond acceptors (Lipinski definition) is 1. The number of nitrogens with one attached hydrogen (secondary N) is 1. The fraction of sp³-hybridized carbons (Fsp3) is 0.429. The molecule has 0 amide bonds. The van der Waals surface area contributed by atoms with Crippen molar-refractivity contribution < 1.29 is 0 Å². The van der Waals surface area contributed by atoms with E-state index in [4.69, 9.17) is 0 Å². The monoisotopic (exact) mass is 201 g/mol. The van der Waals surface area contributed by atoms with Gasteiger partial charge in [0, 0.05) is 12.2 Å². The van der Waals surface area contributed by atoms with Crippen LogP contribution in [-0.2, 0) is 6.54 Å². The molecule has 1 aromatic carbocycles. The summed E-state index contributed by atoms with van der Waals surface area (Å²) in [6, 6.07) is 10.6. The van der Waals surface area contributed by atoms with Gasteiger partial charge < -0.3 is 5.32 Å². The Labute approximate surface area is 92.2 Å². The van der Waals surface area contributed by atoms with Gasteiger partial charge in [-0.25, -0.2) is 0 Å². The van der Waals surface area contributed by atoms with Crippen molar-refractivity contribution in [2.75, 3.05) is 0 Å². The van der Waals surface area contributed by atoms with E-state index >= 15 is 0 Å². The lowest BCUT2D eigenvalue weighted by atomic mass is 9.94. The summed E-state index contributed by atoms with van der Waals surface area (Å²) in [5.41, 5.74) is 2.79. The van der Waals surface area contributed by atoms with E-state index in [1.165, 1.54) is 30.5 Å². The summed E-state index contributed by atoms with van der Waals surface area (Å²) < 4.78 is 0. The minimum absolute atomic E-state index is 0.711. The molecule has 80 valence electrons. The summed E-state index contributed by atoms with van der Waals surface area (Å²) in [5, 5.41) is 3.55. The molecule has 1 aliphatic carbocycles. The Balaban J connectivity index is 1.90. The van der Waals surface area contributed by atoms with E-state index in [1.807, 2.05) is 0 Å². The Kier molecular flexibility index (Phi) is 3.44. The first-order valence-corrected chi connectivity index (χ1v) is 5.84. The molecule has 1 unspecified atom stereocenters. The van der Waals surface area contributed by atoms with Crippen LogP contribution in [0, 0.1) is 5.92 Å². The maximum Gasteiger partial charge on any atom is 0.0397 e. The van der Waals surface area contributed by atoms with Crippen LogP contribution in [0.25, 0.3) is 0 Å². The van der Waals surface area contributed by atoms with Crippen LogP contribution in [0.2, 0.25) is 0 Å². The molecule has 0 heterocycles. The molecule has 0 radical (unpaired) electrons. The highest BCUT2D eigenvalue weighted by atomic mass is 14.9. The fourth-order valence-corrected chi connectivity index (χ4v) is 2.08. The molecule has 0 aliphatic heterocycles. The van der Waals surface area contributed by atoms with E-state index in [0.29, 0.717) is 5.92 Å². The number of rotatable bonds is 3. The van der Waals surface area contributed by atoms with E-state index in [0.717, 1.165) is 6.54 Å². The molecule has 1 atom stereocenters. The van der Waals surface area contributed by atoms with Crippen molar-refractivity contribution in [1.82, 2.24) is 5.32 Å². The third kappa shape index (κ3) is 2.85. The van der Waals surface area contributed by atoms with Gasteiger partial charge in [-0.1, -0.05) is 43.3 Å². The molecule has 1 N–H and O–H groups in total. The SMILES string of the molecule is CC1CCCC=C1NCc1ccccc1. The van der Waals surface area contributed by atoms with E-state index in [1.54, 1.807) is 0 Å². The lowest BCUT2D eigenvalue weighted by molar-refractivity contribution is 0.509. The van der Waals surface area contributed by atoms with Crippen molar-refractivity contribution in [2.45, 2.75) is 32.7 Å². The largest absolute Gasteiger partial charge is 0.384 e. The van der Waals surface area contributed by atoms with Gasteiger partial charge in [0.2, 0.25) is 0 Å². The molecule has 0 fully saturated rings. The highest BCUT2D eigenvalue weighted by Gasteiger charge is 2.11. The second-order valence-corrected chi connectivity index (χ2v) is 4.33. The van der Waals surface area contributed by atoms with Crippen LogP contribution in [-0.4, -0.2) is 0 Å². The van der Waals surface area contributed by atoms with Gasteiger partial charge in [0.25, 0.3) is 0 Å². The van der Waals surface area contributed by atoms with Crippen LogP contribution in [0.5, 0.6) is 0 Å². The van der Waals surface area contributed by atoms with Crippen LogP contribution < -0.4 is 5.32 Å². The minimum Gasteiger partial charge on any atom is -0.384 e. The molecule has 0 spiro atoms. The Bertz CT molecular complexity index is 326. The zero-order chi connectivity index (χ0) is 10.5. The highest BCUT2D eigenvalue weighted by Crippen LogP contribution is 2.22. The first kappa shape index (κ1) is 10.3. The molecule has 0 saturated carbocycles. The zero-order valence-electron chi connectivity index (χ0n) is 9.37. The molecule has 1 nitrogen and oxygen atoms in total. The summed E-state index contributed by atoms with van der Waals surface area (Å²) in [7, 11) is 0. The van der Waals surface area contributed by atoms with Crippen LogP contribution >= 0.6 is 0 Å². The first-order chi connectivity index (χ1) is 7.36. The topological polar surface area (TPSA) is 12.0 Å². The second kappa shape index (κ2) is 5.01. The standard InChI is InChI=1S/C14H19N/c1-12-7-5-6-10-14(12)15-11-13-8-3-2-4-9-13/h2-4,8-10,12,15H,5-7,11H2,1H3. The van der Waals surface area contributed by atoms with Gasteiger partial charge in [0.05, 0.1) is 0 Å². The van der Waals surface area contributed by atoms with Crippen molar-refractivity contribution >= 4 is 0 Å². The lowest BCUT2D eigenvalue weighted by Crippen LogP contribution is -2.20. The van der Waals surface area contributed by atoms with E-state index in [-0.39, 0.29) is 0 Å².